The van der Waals surface area contributed by atoms with Crippen molar-refractivity contribution in [1.29, 1.82) is 0 Å². The molecule has 0 saturated carbocycles. The van der Waals surface area contributed by atoms with Gasteiger partial charge in [0.2, 0.25) is 0 Å². The van der Waals surface area contributed by atoms with E-state index in [0.29, 0.717) is 5.92 Å². The van der Waals surface area contributed by atoms with Crippen molar-refractivity contribution < 1.29 is 0 Å². The Bertz CT molecular complexity index is 1180. The molecule has 0 nitrogen and oxygen atoms in total. The molecule has 0 unspecified atom stereocenters. The molecule has 6 rings (SSSR count). The molecule has 4 aromatic carbocycles. The molecule has 2 bridgehead atoms. The van der Waals surface area contributed by atoms with Crippen LogP contribution in [0.25, 0.3) is 0 Å². The van der Waals surface area contributed by atoms with Gasteiger partial charge >= 0.3 is 0 Å². The monoisotopic (exact) mass is 516 g/mol. The van der Waals surface area contributed by atoms with Crippen LogP contribution in [-0.4, -0.2) is 4.90 Å². The van der Waals surface area contributed by atoms with Crippen LogP contribution in [0.15, 0.2) is 146 Å². The number of allylic oxidation sites excluding steroid dienone is 4. The van der Waals surface area contributed by atoms with Crippen LogP contribution in [0.3, 0.4) is 0 Å². The largest absolute Gasteiger partial charge is 0.0807 e. The van der Waals surface area contributed by atoms with Gasteiger partial charge in [-0.3, -0.25) is 0 Å². The molecule has 4 aromatic rings. The van der Waals surface area contributed by atoms with Crippen LogP contribution >= 0.6 is 15.8 Å². The Hall–Kier alpha value is -2.78. The van der Waals surface area contributed by atoms with Crippen molar-refractivity contribution in [3.05, 3.63) is 146 Å². The number of benzene rings is 4. The maximum atomic E-state index is 2.62. The highest BCUT2D eigenvalue weighted by atomic mass is 31.2. The van der Waals surface area contributed by atoms with E-state index >= 15 is 0 Å². The molecule has 0 saturated heterocycles. The highest BCUT2D eigenvalue weighted by Gasteiger charge is 2.61. The van der Waals surface area contributed by atoms with E-state index in [2.05, 4.69) is 153 Å². The first kappa shape index (κ1) is 24.6. The van der Waals surface area contributed by atoms with Gasteiger partial charge in [0.15, 0.2) is 0 Å². The third-order valence-corrected chi connectivity index (χ3v) is 15.2. The summed E-state index contributed by atoms with van der Waals surface area (Å²) < 4.78 is 0. The zero-order chi connectivity index (χ0) is 25.1. The van der Waals surface area contributed by atoms with Gasteiger partial charge in [0.05, 0.1) is 0 Å². The van der Waals surface area contributed by atoms with Crippen LogP contribution in [0.1, 0.15) is 26.2 Å². The van der Waals surface area contributed by atoms with Crippen molar-refractivity contribution in [2.45, 2.75) is 31.1 Å². The zero-order valence-corrected chi connectivity index (χ0v) is 23.2. The van der Waals surface area contributed by atoms with Gasteiger partial charge < -0.3 is 0 Å². The second-order valence-corrected chi connectivity index (χ2v) is 15.5. The number of hydrogen-bond acceptors (Lipinski definition) is 0. The van der Waals surface area contributed by atoms with Gasteiger partial charge in [0.1, 0.15) is 0 Å². The van der Waals surface area contributed by atoms with Gasteiger partial charge in [-0.25, -0.2) is 0 Å². The van der Waals surface area contributed by atoms with E-state index in [1.807, 2.05) is 0 Å². The Morgan fingerprint density at radius 3 is 1.22 bits per heavy atom. The second-order valence-electron chi connectivity index (χ2n) is 10.2. The molecule has 2 aliphatic rings. The quantitative estimate of drug-likeness (QED) is 0.157. The Balaban J connectivity index is 1.73. The Kier molecular flexibility index (Phi) is 6.99. The molecule has 0 aromatic heterocycles. The molecule has 184 valence electrons. The number of fused-ring (bicyclic) bond motifs is 2. The van der Waals surface area contributed by atoms with Crippen molar-refractivity contribution in [3.63, 3.8) is 0 Å². The fourth-order valence-corrected chi connectivity index (χ4v) is 15.2. The molecule has 0 N–H and O–H groups in total. The van der Waals surface area contributed by atoms with Crippen molar-refractivity contribution in [2.24, 2.45) is 11.3 Å². The lowest BCUT2D eigenvalue weighted by Crippen LogP contribution is -2.49. The van der Waals surface area contributed by atoms with Crippen molar-refractivity contribution in [2.75, 3.05) is 0 Å². The molecule has 0 spiro atoms. The predicted molar refractivity (Wildman–Crippen MR) is 165 cm³/mol. The molecule has 2 aliphatic carbocycles. The maximum absolute atomic E-state index is 2.62. The number of hydrogen-bond donors (Lipinski definition) is 0. The Morgan fingerprint density at radius 1 is 0.595 bits per heavy atom. The van der Waals surface area contributed by atoms with Crippen molar-refractivity contribution >= 4 is 37.1 Å². The van der Waals surface area contributed by atoms with Gasteiger partial charge in [0.25, 0.3) is 0 Å². The lowest BCUT2D eigenvalue weighted by molar-refractivity contribution is 0.403. The Labute approximate surface area is 224 Å². The third kappa shape index (κ3) is 4.26. The summed E-state index contributed by atoms with van der Waals surface area (Å²) in [4.78, 5) is 0.0239. The molecule has 0 aliphatic heterocycles. The minimum Gasteiger partial charge on any atom is -0.0807 e. The molecule has 2 heteroatoms. The van der Waals surface area contributed by atoms with Crippen LogP contribution in [0, 0.1) is 11.3 Å². The second kappa shape index (κ2) is 10.5. The molecule has 0 atom stereocenters. The van der Waals surface area contributed by atoms with Crippen LogP contribution in [0.5, 0.6) is 0 Å². The van der Waals surface area contributed by atoms with E-state index in [1.54, 1.807) is 0 Å². The van der Waals surface area contributed by atoms with Crippen LogP contribution < -0.4 is 21.2 Å². The predicted octanol–water partition coefficient (Wildman–Crippen LogP) is 7.88. The summed E-state index contributed by atoms with van der Waals surface area (Å²) in [5.74, 6) is 0.558. The van der Waals surface area contributed by atoms with Gasteiger partial charge in [0, 0.05) is 10.3 Å². The van der Waals surface area contributed by atoms with E-state index in [4.69, 9.17) is 0 Å². The molecule has 37 heavy (non-hydrogen) atoms. The van der Waals surface area contributed by atoms with Crippen molar-refractivity contribution in [1.82, 2.24) is 0 Å². The molecular weight excluding hydrogens is 482 g/mol. The van der Waals surface area contributed by atoms with Gasteiger partial charge in [-0.2, -0.15) is 0 Å². The first-order chi connectivity index (χ1) is 18.3. The average Bonchev–Trinajstić information content (AvgIpc) is 3.59. The lowest BCUT2D eigenvalue weighted by Gasteiger charge is -2.56. The molecule has 0 amide bonds. The highest BCUT2D eigenvalue weighted by Crippen LogP contribution is 2.77. The van der Waals surface area contributed by atoms with Crippen LogP contribution in [-0.2, 0) is 0 Å². The summed E-state index contributed by atoms with van der Waals surface area (Å²) in [6.07, 6.45) is 13.8. The topological polar surface area (TPSA) is 0 Å². The maximum Gasteiger partial charge on any atom is 0.0392 e. The normalized spacial score (nSPS) is 20.2. The summed E-state index contributed by atoms with van der Waals surface area (Å²) in [5, 5.41) is 5.96. The minimum atomic E-state index is -0.704. The van der Waals surface area contributed by atoms with Gasteiger partial charge in [-0.05, 0) is 55.8 Å². The molecule has 0 heterocycles. The SMILES string of the molecule is CCCC(P(c1ccccc1)c1ccccc1)(P(c1ccccc1)c1ccccc1)C12C=CC(C=C1)C2. The van der Waals surface area contributed by atoms with Gasteiger partial charge in [-0.1, -0.05) is 159 Å². The highest BCUT2D eigenvalue weighted by molar-refractivity contribution is 7.91. The first-order valence-electron chi connectivity index (χ1n) is 13.5. The fourth-order valence-electron chi connectivity index (χ4n) is 6.58. The molecular formula is C35H34P2. The van der Waals surface area contributed by atoms with E-state index in [9.17, 15) is 0 Å². The number of rotatable bonds is 9. The summed E-state index contributed by atoms with van der Waals surface area (Å²) in [6.45, 7) is 2.40. The van der Waals surface area contributed by atoms with E-state index in [1.165, 1.54) is 34.1 Å². The standard InChI is InChI=1S/C35H34P2/c1-2-25-35(34-26-23-29(28-34)24-27-34,36(30-15-7-3-8-16-30)31-17-9-4-10-18-31)37(32-19-11-5-12-20-32)33-21-13-6-14-22-33/h3-24,26-27,29H,2,25,28H2,1H3. The molecule has 0 fully saturated rings. The van der Waals surface area contributed by atoms with E-state index in [-0.39, 0.29) is 10.3 Å². The Morgan fingerprint density at radius 2 is 0.946 bits per heavy atom. The smallest absolute Gasteiger partial charge is 0.0392 e. The third-order valence-electron chi connectivity index (χ3n) is 8.00. The lowest BCUT2D eigenvalue weighted by atomic mass is 9.83. The average molecular weight is 517 g/mol. The fraction of sp³-hybridized carbons (Fsp3) is 0.200. The summed E-state index contributed by atoms with van der Waals surface area (Å²) in [7, 11) is -1.41. The van der Waals surface area contributed by atoms with E-state index < -0.39 is 15.8 Å². The summed E-state index contributed by atoms with van der Waals surface area (Å²) in [5.41, 5.74) is 0.0302. The van der Waals surface area contributed by atoms with Crippen molar-refractivity contribution in [3.8, 4) is 0 Å². The minimum absolute atomic E-state index is 0.0239. The zero-order valence-electron chi connectivity index (χ0n) is 21.4. The van der Waals surface area contributed by atoms with Crippen LogP contribution in [0.4, 0.5) is 0 Å². The molecule has 0 radical (unpaired) electrons. The van der Waals surface area contributed by atoms with Crippen LogP contribution in [0.2, 0.25) is 0 Å². The summed E-state index contributed by atoms with van der Waals surface area (Å²) in [6, 6.07) is 45.8. The van der Waals surface area contributed by atoms with E-state index in [0.717, 1.165) is 6.42 Å². The van der Waals surface area contributed by atoms with Gasteiger partial charge in [-0.15, -0.1) is 0 Å². The summed E-state index contributed by atoms with van der Waals surface area (Å²) >= 11 is 0. The first-order valence-corrected chi connectivity index (χ1v) is 16.2.